The Kier molecular flexibility index (Phi) is 5.44. The SMILES string of the molecule is NC(=O)CC1(NC(=O)c2ccc(N3CC(F)(F)C3)c(OCC3CC3)n2)CCC(=O)NC1. The topological polar surface area (TPSA) is 127 Å². The van der Waals surface area contributed by atoms with Crippen LogP contribution in [0.1, 0.15) is 42.6 Å². The molecule has 1 aromatic heterocycles. The summed E-state index contributed by atoms with van der Waals surface area (Å²) >= 11 is 0. The van der Waals surface area contributed by atoms with Crippen LogP contribution in [0.25, 0.3) is 0 Å². The summed E-state index contributed by atoms with van der Waals surface area (Å²) in [5.41, 5.74) is 4.79. The fraction of sp³-hybridized carbons (Fsp3) is 0.600. The molecule has 2 saturated heterocycles. The minimum atomic E-state index is -2.75. The Balaban J connectivity index is 1.53. The van der Waals surface area contributed by atoms with Crippen LogP contribution in [-0.4, -0.2) is 60.4 Å². The maximum Gasteiger partial charge on any atom is 0.282 e. The zero-order valence-electron chi connectivity index (χ0n) is 17.0. The minimum absolute atomic E-state index is 0.0302. The highest BCUT2D eigenvalue weighted by atomic mass is 19.3. The third kappa shape index (κ3) is 5.02. The van der Waals surface area contributed by atoms with Crippen molar-refractivity contribution in [2.75, 3.05) is 31.1 Å². The first-order valence-electron chi connectivity index (χ1n) is 10.3. The first-order valence-corrected chi connectivity index (χ1v) is 10.3. The van der Waals surface area contributed by atoms with Gasteiger partial charge >= 0.3 is 0 Å². The number of pyridine rings is 1. The van der Waals surface area contributed by atoms with Crippen LogP contribution in [0.4, 0.5) is 14.5 Å². The van der Waals surface area contributed by atoms with E-state index >= 15 is 0 Å². The zero-order valence-corrected chi connectivity index (χ0v) is 17.0. The van der Waals surface area contributed by atoms with Gasteiger partial charge in [0.05, 0.1) is 31.7 Å². The normalized spacial score (nSPS) is 24.7. The van der Waals surface area contributed by atoms with Crippen molar-refractivity contribution in [1.29, 1.82) is 0 Å². The Morgan fingerprint density at radius 2 is 2.06 bits per heavy atom. The number of alkyl halides is 2. The van der Waals surface area contributed by atoms with Gasteiger partial charge < -0.3 is 26.0 Å². The number of carbonyl (C=O) groups excluding carboxylic acids is 3. The molecule has 3 fully saturated rings. The average Bonchev–Trinajstić information content (AvgIpc) is 3.50. The van der Waals surface area contributed by atoms with Gasteiger partial charge in [-0.1, -0.05) is 0 Å². The maximum absolute atomic E-state index is 13.3. The number of nitrogens with one attached hydrogen (secondary N) is 2. The predicted octanol–water partition coefficient (Wildman–Crippen LogP) is 0.580. The Morgan fingerprint density at radius 3 is 2.65 bits per heavy atom. The molecule has 0 radical (unpaired) electrons. The molecule has 1 saturated carbocycles. The van der Waals surface area contributed by atoms with Crippen LogP contribution in [0.5, 0.6) is 5.88 Å². The predicted molar refractivity (Wildman–Crippen MR) is 106 cm³/mol. The highest BCUT2D eigenvalue weighted by molar-refractivity contribution is 5.94. The number of hydrogen-bond donors (Lipinski definition) is 3. The lowest BCUT2D eigenvalue weighted by Gasteiger charge is -2.40. The highest BCUT2D eigenvalue weighted by Crippen LogP contribution is 2.38. The molecule has 1 unspecified atom stereocenters. The van der Waals surface area contributed by atoms with E-state index in [0.29, 0.717) is 18.2 Å². The van der Waals surface area contributed by atoms with Crippen molar-refractivity contribution in [2.24, 2.45) is 11.7 Å². The van der Waals surface area contributed by atoms with Crippen molar-refractivity contribution in [3.63, 3.8) is 0 Å². The van der Waals surface area contributed by atoms with Crippen LogP contribution < -0.4 is 26.0 Å². The second-order valence-corrected chi connectivity index (χ2v) is 8.64. The van der Waals surface area contributed by atoms with Crippen molar-refractivity contribution in [1.82, 2.24) is 15.6 Å². The molecule has 31 heavy (non-hydrogen) atoms. The smallest absolute Gasteiger partial charge is 0.282 e. The lowest BCUT2D eigenvalue weighted by molar-refractivity contribution is -0.126. The fourth-order valence-corrected chi connectivity index (χ4v) is 3.81. The van der Waals surface area contributed by atoms with E-state index in [1.165, 1.54) is 11.0 Å². The number of amides is 3. The first kappa shape index (κ1) is 21.3. The largest absolute Gasteiger partial charge is 0.476 e. The minimum Gasteiger partial charge on any atom is -0.476 e. The van der Waals surface area contributed by atoms with Crippen molar-refractivity contribution < 1.29 is 27.9 Å². The number of carbonyl (C=O) groups is 3. The van der Waals surface area contributed by atoms with Crippen molar-refractivity contribution in [2.45, 2.75) is 43.6 Å². The second-order valence-electron chi connectivity index (χ2n) is 8.64. The van der Waals surface area contributed by atoms with E-state index < -0.39 is 36.4 Å². The molecule has 3 amide bonds. The molecule has 11 heteroatoms. The Hall–Kier alpha value is -2.98. The van der Waals surface area contributed by atoms with E-state index in [2.05, 4.69) is 15.6 Å². The highest BCUT2D eigenvalue weighted by Gasteiger charge is 2.45. The molecular formula is C20H25F2N5O4. The van der Waals surface area contributed by atoms with Crippen LogP contribution >= 0.6 is 0 Å². The quantitative estimate of drug-likeness (QED) is 0.546. The molecule has 1 aromatic rings. The fourth-order valence-electron chi connectivity index (χ4n) is 3.81. The lowest BCUT2D eigenvalue weighted by atomic mass is 9.86. The van der Waals surface area contributed by atoms with Gasteiger partial charge in [0, 0.05) is 13.0 Å². The summed E-state index contributed by atoms with van der Waals surface area (Å²) in [7, 11) is 0. The standard InChI is InChI=1S/C20H25F2N5O4/c21-20(22)10-27(11-20)14-4-3-13(25-18(14)31-8-12-1-2-12)17(30)26-19(7-15(23)28)6-5-16(29)24-9-19/h3-4,12H,1-2,5-11H2,(H2,23,28)(H,24,29)(H,26,30). The van der Waals surface area contributed by atoms with Gasteiger partial charge in [0.25, 0.3) is 11.8 Å². The maximum atomic E-state index is 13.3. The summed E-state index contributed by atoms with van der Waals surface area (Å²) < 4.78 is 32.4. The van der Waals surface area contributed by atoms with Gasteiger partial charge in [-0.05, 0) is 37.3 Å². The molecule has 1 atom stereocenters. The number of anilines is 1. The van der Waals surface area contributed by atoms with Gasteiger partial charge in [0.2, 0.25) is 17.7 Å². The molecule has 0 aromatic carbocycles. The third-order valence-electron chi connectivity index (χ3n) is 5.76. The van der Waals surface area contributed by atoms with Gasteiger partial charge in [-0.25, -0.2) is 13.8 Å². The number of nitrogens with two attached hydrogens (primary N) is 1. The second kappa shape index (κ2) is 7.93. The van der Waals surface area contributed by atoms with Crippen molar-refractivity contribution in [3.05, 3.63) is 17.8 Å². The Labute approximate surface area is 177 Å². The summed E-state index contributed by atoms with van der Waals surface area (Å²) in [6.45, 7) is -0.373. The molecule has 4 rings (SSSR count). The molecule has 2 aliphatic heterocycles. The molecule has 0 spiro atoms. The summed E-state index contributed by atoms with van der Waals surface area (Å²) in [4.78, 5) is 41.7. The van der Waals surface area contributed by atoms with Gasteiger partial charge in [-0.15, -0.1) is 0 Å². The number of piperidine rings is 1. The first-order chi connectivity index (χ1) is 14.6. The van der Waals surface area contributed by atoms with Gasteiger partial charge in [-0.3, -0.25) is 14.4 Å². The number of aromatic nitrogens is 1. The molecule has 168 valence electrons. The van der Waals surface area contributed by atoms with Gasteiger partial charge in [-0.2, -0.15) is 0 Å². The van der Waals surface area contributed by atoms with E-state index in [4.69, 9.17) is 10.5 Å². The summed E-state index contributed by atoms with van der Waals surface area (Å²) in [6.07, 6.45) is 2.36. The van der Waals surface area contributed by atoms with Crippen LogP contribution in [-0.2, 0) is 9.59 Å². The number of ether oxygens (including phenoxy) is 1. The number of nitrogens with zero attached hydrogens (tertiary/aromatic N) is 2. The van der Waals surface area contributed by atoms with Crippen LogP contribution in [0.15, 0.2) is 12.1 Å². The van der Waals surface area contributed by atoms with E-state index in [1.54, 1.807) is 6.07 Å². The van der Waals surface area contributed by atoms with Crippen molar-refractivity contribution >= 4 is 23.4 Å². The monoisotopic (exact) mass is 437 g/mol. The molecule has 1 aliphatic carbocycles. The number of halogens is 2. The van der Waals surface area contributed by atoms with Gasteiger partial charge in [0.15, 0.2) is 0 Å². The van der Waals surface area contributed by atoms with E-state index in [-0.39, 0.29) is 43.3 Å². The summed E-state index contributed by atoms with van der Waals surface area (Å²) in [6, 6.07) is 2.98. The van der Waals surface area contributed by atoms with Gasteiger partial charge in [0.1, 0.15) is 11.4 Å². The van der Waals surface area contributed by atoms with Crippen LogP contribution in [0.3, 0.4) is 0 Å². The molecule has 3 aliphatic rings. The lowest BCUT2D eigenvalue weighted by Crippen LogP contribution is -2.60. The molecule has 4 N–H and O–H groups in total. The third-order valence-corrected chi connectivity index (χ3v) is 5.76. The summed E-state index contributed by atoms with van der Waals surface area (Å²) in [5, 5.41) is 5.44. The molecular weight excluding hydrogens is 412 g/mol. The zero-order chi connectivity index (χ0) is 22.2. The van der Waals surface area contributed by atoms with Crippen LogP contribution in [0, 0.1) is 5.92 Å². The number of rotatable bonds is 8. The van der Waals surface area contributed by atoms with E-state index in [0.717, 1.165) is 12.8 Å². The van der Waals surface area contributed by atoms with E-state index in [9.17, 15) is 23.2 Å². The van der Waals surface area contributed by atoms with Crippen molar-refractivity contribution in [3.8, 4) is 5.88 Å². The Bertz CT molecular complexity index is 888. The summed E-state index contributed by atoms with van der Waals surface area (Å²) in [5.74, 6) is -3.54. The Morgan fingerprint density at radius 1 is 1.32 bits per heavy atom. The molecule has 3 heterocycles. The number of hydrogen-bond acceptors (Lipinski definition) is 6. The average molecular weight is 437 g/mol. The molecule has 9 nitrogen and oxygen atoms in total. The van der Waals surface area contributed by atoms with Crippen LogP contribution in [0.2, 0.25) is 0 Å². The number of primary amides is 1. The van der Waals surface area contributed by atoms with E-state index in [1.807, 2.05) is 0 Å². The molecule has 0 bridgehead atoms.